The number of amides is 1. The second kappa shape index (κ2) is 9.41. The number of carbonyl (C=O) groups excluding carboxylic acids is 1. The van der Waals surface area contributed by atoms with Crippen LogP contribution in [0, 0.1) is 13.8 Å². The zero-order valence-corrected chi connectivity index (χ0v) is 19.2. The molecule has 1 fully saturated rings. The summed E-state index contributed by atoms with van der Waals surface area (Å²) in [6.45, 7) is 3.68. The van der Waals surface area contributed by atoms with Crippen LogP contribution >= 0.6 is 15.9 Å². The molecule has 1 aliphatic carbocycles. The zero-order chi connectivity index (χ0) is 21.0. The van der Waals surface area contributed by atoms with Crippen LogP contribution in [0.25, 0.3) is 0 Å². The Kier molecular flexibility index (Phi) is 7.14. The number of rotatable bonds is 6. The second-order valence-electron chi connectivity index (χ2n) is 7.61. The van der Waals surface area contributed by atoms with Crippen molar-refractivity contribution in [3.8, 4) is 0 Å². The number of anilines is 1. The standard InChI is InChI=1S/C22H27BrN2O3S/c1-16-7-6-8-17(2)22(16)24-21(26)15-25(19-9-4-3-5-10-19)29(27,28)20-13-11-18(23)12-14-20/h6-8,11-14,19H,3-5,9-10,15H2,1-2H3,(H,24,26). The van der Waals surface area contributed by atoms with Crippen molar-refractivity contribution >= 4 is 37.5 Å². The first-order valence-electron chi connectivity index (χ1n) is 9.92. The first-order chi connectivity index (χ1) is 13.8. The monoisotopic (exact) mass is 478 g/mol. The van der Waals surface area contributed by atoms with Crippen molar-refractivity contribution in [2.45, 2.75) is 56.9 Å². The largest absolute Gasteiger partial charge is 0.324 e. The lowest BCUT2D eigenvalue weighted by molar-refractivity contribution is -0.116. The van der Waals surface area contributed by atoms with Gasteiger partial charge in [0.15, 0.2) is 0 Å². The van der Waals surface area contributed by atoms with Crippen LogP contribution < -0.4 is 5.32 Å². The molecule has 156 valence electrons. The molecule has 5 nitrogen and oxygen atoms in total. The maximum absolute atomic E-state index is 13.4. The molecule has 2 aromatic carbocycles. The lowest BCUT2D eigenvalue weighted by Crippen LogP contribution is -2.45. The number of halogens is 1. The Labute approximate surface area is 181 Å². The molecule has 1 N–H and O–H groups in total. The van der Waals surface area contributed by atoms with Gasteiger partial charge in [-0.3, -0.25) is 4.79 Å². The van der Waals surface area contributed by atoms with Crippen molar-refractivity contribution < 1.29 is 13.2 Å². The van der Waals surface area contributed by atoms with Crippen molar-refractivity contribution in [3.05, 3.63) is 58.1 Å². The van der Waals surface area contributed by atoms with Gasteiger partial charge in [-0.15, -0.1) is 0 Å². The van der Waals surface area contributed by atoms with Crippen LogP contribution in [0.15, 0.2) is 51.8 Å². The third kappa shape index (κ3) is 5.27. The third-order valence-electron chi connectivity index (χ3n) is 5.45. The molecule has 0 aromatic heterocycles. The Bertz CT molecular complexity index is 948. The van der Waals surface area contributed by atoms with Gasteiger partial charge in [-0.25, -0.2) is 8.42 Å². The summed E-state index contributed by atoms with van der Waals surface area (Å²) in [5.74, 6) is -0.311. The van der Waals surface area contributed by atoms with Crippen LogP contribution in [0.1, 0.15) is 43.2 Å². The van der Waals surface area contributed by atoms with Gasteiger partial charge in [0, 0.05) is 16.2 Å². The Morgan fingerprint density at radius 1 is 1.03 bits per heavy atom. The predicted octanol–water partition coefficient (Wildman–Crippen LogP) is 5.03. The molecular weight excluding hydrogens is 452 g/mol. The molecule has 1 saturated carbocycles. The predicted molar refractivity (Wildman–Crippen MR) is 119 cm³/mol. The average Bonchev–Trinajstić information content (AvgIpc) is 2.70. The molecule has 29 heavy (non-hydrogen) atoms. The SMILES string of the molecule is Cc1cccc(C)c1NC(=O)CN(C1CCCCC1)S(=O)(=O)c1ccc(Br)cc1. The maximum atomic E-state index is 13.4. The summed E-state index contributed by atoms with van der Waals surface area (Å²) in [5, 5.41) is 2.93. The number of aryl methyl sites for hydroxylation is 2. The molecule has 0 unspecified atom stereocenters. The van der Waals surface area contributed by atoms with E-state index in [2.05, 4.69) is 21.2 Å². The van der Waals surface area contributed by atoms with Gasteiger partial charge in [0.05, 0.1) is 11.4 Å². The summed E-state index contributed by atoms with van der Waals surface area (Å²) < 4.78 is 29.0. The summed E-state index contributed by atoms with van der Waals surface area (Å²) in [6.07, 6.45) is 4.64. The van der Waals surface area contributed by atoms with Crippen molar-refractivity contribution in [1.82, 2.24) is 4.31 Å². The number of nitrogens with one attached hydrogen (secondary N) is 1. The molecule has 2 aromatic rings. The highest BCUT2D eigenvalue weighted by Gasteiger charge is 2.34. The first kappa shape index (κ1) is 22.0. The molecule has 1 amide bonds. The summed E-state index contributed by atoms with van der Waals surface area (Å²) in [4.78, 5) is 13.1. The highest BCUT2D eigenvalue weighted by atomic mass is 79.9. The molecule has 1 aliphatic rings. The average molecular weight is 479 g/mol. The van der Waals surface area contributed by atoms with Crippen LogP contribution in [0.3, 0.4) is 0 Å². The van der Waals surface area contributed by atoms with E-state index in [1.165, 1.54) is 4.31 Å². The van der Waals surface area contributed by atoms with E-state index in [-0.39, 0.29) is 23.4 Å². The van der Waals surface area contributed by atoms with Crippen molar-refractivity contribution in [3.63, 3.8) is 0 Å². The van der Waals surface area contributed by atoms with Crippen LogP contribution in [-0.2, 0) is 14.8 Å². The topological polar surface area (TPSA) is 66.5 Å². The van der Waals surface area contributed by atoms with Gasteiger partial charge < -0.3 is 5.32 Å². The van der Waals surface area contributed by atoms with Gasteiger partial charge in [0.1, 0.15) is 0 Å². The number of carbonyl (C=O) groups is 1. The van der Waals surface area contributed by atoms with Gasteiger partial charge in [-0.2, -0.15) is 4.31 Å². The summed E-state index contributed by atoms with van der Waals surface area (Å²) in [7, 11) is -3.77. The Hall–Kier alpha value is -1.70. The Morgan fingerprint density at radius 2 is 1.62 bits per heavy atom. The molecule has 0 radical (unpaired) electrons. The van der Waals surface area contributed by atoms with Gasteiger partial charge in [-0.1, -0.05) is 53.4 Å². The van der Waals surface area contributed by atoms with Crippen LogP contribution in [0.2, 0.25) is 0 Å². The van der Waals surface area contributed by atoms with Crippen molar-refractivity contribution in [2.75, 3.05) is 11.9 Å². The number of benzene rings is 2. The number of sulfonamides is 1. The van der Waals surface area contributed by atoms with E-state index in [1.54, 1.807) is 24.3 Å². The fourth-order valence-electron chi connectivity index (χ4n) is 3.85. The van der Waals surface area contributed by atoms with E-state index in [1.807, 2.05) is 32.0 Å². The van der Waals surface area contributed by atoms with E-state index in [9.17, 15) is 13.2 Å². The second-order valence-corrected chi connectivity index (χ2v) is 10.4. The molecule has 0 bridgehead atoms. The fourth-order valence-corrected chi connectivity index (χ4v) is 5.76. The molecule has 0 spiro atoms. The highest BCUT2D eigenvalue weighted by Crippen LogP contribution is 2.29. The lowest BCUT2D eigenvalue weighted by atomic mass is 9.95. The van der Waals surface area contributed by atoms with E-state index in [0.717, 1.165) is 53.4 Å². The Balaban J connectivity index is 1.87. The smallest absolute Gasteiger partial charge is 0.243 e. The lowest BCUT2D eigenvalue weighted by Gasteiger charge is -2.33. The van der Waals surface area contributed by atoms with Gasteiger partial charge in [-0.05, 0) is 62.1 Å². The van der Waals surface area contributed by atoms with E-state index >= 15 is 0 Å². The van der Waals surface area contributed by atoms with E-state index in [0.29, 0.717) is 0 Å². The zero-order valence-electron chi connectivity index (χ0n) is 16.8. The summed E-state index contributed by atoms with van der Waals surface area (Å²) in [5.41, 5.74) is 2.67. The minimum Gasteiger partial charge on any atom is -0.324 e. The first-order valence-corrected chi connectivity index (χ1v) is 12.2. The normalized spacial score (nSPS) is 15.4. The van der Waals surface area contributed by atoms with Gasteiger partial charge in [0.2, 0.25) is 15.9 Å². The summed E-state index contributed by atoms with van der Waals surface area (Å²) >= 11 is 3.34. The molecule has 7 heteroatoms. The van der Waals surface area contributed by atoms with Gasteiger partial charge >= 0.3 is 0 Å². The summed E-state index contributed by atoms with van der Waals surface area (Å²) in [6, 6.07) is 12.2. The van der Waals surface area contributed by atoms with Gasteiger partial charge in [0.25, 0.3) is 0 Å². The number of nitrogens with zero attached hydrogens (tertiary/aromatic N) is 1. The van der Waals surface area contributed by atoms with Crippen molar-refractivity contribution in [1.29, 1.82) is 0 Å². The van der Waals surface area contributed by atoms with Crippen LogP contribution in [0.5, 0.6) is 0 Å². The number of hydrogen-bond donors (Lipinski definition) is 1. The molecule has 0 heterocycles. The maximum Gasteiger partial charge on any atom is 0.243 e. The molecule has 3 rings (SSSR count). The quantitative estimate of drug-likeness (QED) is 0.632. The minimum absolute atomic E-state index is 0.152. The number of hydrogen-bond acceptors (Lipinski definition) is 3. The number of para-hydroxylation sites is 1. The van der Waals surface area contributed by atoms with Crippen LogP contribution in [0.4, 0.5) is 5.69 Å². The van der Waals surface area contributed by atoms with Crippen molar-refractivity contribution in [2.24, 2.45) is 0 Å². The minimum atomic E-state index is -3.77. The molecule has 0 saturated heterocycles. The Morgan fingerprint density at radius 3 is 2.21 bits per heavy atom. The van der Waals surface area contributed by atoms with Crippen LogP contribution in [-0.4, -0.2) is 31.2 Å². The molecule has 0 atom stereocenters. The fraction of sp³-hybridized carbons (Fsp3) is 0.409. The van der Waals surface area contributed by atoms with E-state index < -0.39 is 10.0 Å². The molecule has 0 aliphatic heterocycles. The third-order valence-corrected chi connectivity index (χ3v) is 7.89. The van der Waals surface area contributed by atoms with E-state index in [4.69, 9.17) is 0 Å². The highest BCUT2D eigenvalue weighted by molar-refractivity contribution is 9.10. The molecular formula is C22H27BrN2O3S.